The normalized spacial score (nSPS) is 14.8. The van der Waals surface area contributed by atoms with E-state index in [4.69, 9.17) is 17.3 Å². The minimum atomic E-state index is -0.477. The van der Waals surface area contributed by atoms with Gasteiger partial charge in [-0.25, -0.2) is 4.98 Å². The van der Waals surface area contributed by atoms with Crippen LogP contribution in [-0.4, -0.2) is 46.3 Å². The summed E-state index contributed by atoms with van der Waals surface area (Å²) in [7, 11) is 0. The minimum Gasteiger partial charge on any atom is -0.341 e. The molecule has 2 heterocycles. The molecule has 1 aromatic heterocycles. The summed E-state index contributed by atoms with van der Waals surface area (Å²) >= 11 is 6.02. The van der Waals surface area contributed by atoms with E-state index in [9.17, 15) is 9.59 Å². The number of imidazole rings is 1. The third kappa shape index (κ3) is 4.04. The van der Waals surface area contributed by atoms with Crippen LogP contribution < -0.4 is 11.1 Å². The number of hydrogen-bond acceptors (Lipinski definition) is 4. The Labute approximate surface area is 179 Å². The third-order valence-electron chi connectivity index (χ3n) is 5.45. The SMILES string of the molecule is Cc1cc(C(=O)N[C@@H](CN)c2nc3cc(Cl)ccc3[nH]2)ccc1C(=O)N1CCCC1. The van der Waals surface area contributed by atoms with Crippen LogP contribution in [0.2, 0.25) is 5.02 Å². The van der Waals surface area contributed by atoms with Crippen molar-refractivity contribution in [1.82, 2.24) is 20.2 Å². The minimum absolute atomic E-state index is 0.0257. The maximum atomic E-state index is 12.8. The number of likely N-dealkylation sites (tertiary alicyclic amines) is 1. The van der Waals surface area contributed by atoms with Crippen molar-refractivity contribution in [2.75, 3.05) is 19.6 Å². The Bertz CT molecular complexity index is 1100. The van der Waals surface area contributed by atoms with Crippen molar-refractivity contribution < 1.29 is 9.59 Å². The highest BCUT2D eigenvalue weighted by molar-refractivity contribution is 6.31. The first kappa shape index (κ1) is 20.4. The molecule has 7 nitrogen and oxygen atoms in total. The summed E-state index contributed by atoms with van der Waals surface area (Å²) in [5.41, 5.74) is 9.32. The predicted molar refractivity (Wildman–Crippen MR) is 117 cm³/mol. The molecule has 1 aliphatic heterocycles. The molecule has 0 spiro atoms. The predicted octanol–water partition coefficient (Wildman–Crippen LogP) is 3.19. The molecule has 0 bridgehead atoms. The summed E-state index contributed by atoms with van der Waals surface area (Å²) in [6, 6.07) is 10.0. The molecule has 4 N–H and O–H groups in total. The van der Waals surface area contributed by atoms with Gasteiger partial charge in [-0.1, -0.05) is 11.6 Å². The van der Waals surface area contributed by atoms with Gasteiger partial charge < -0.3 is 20.9 Å². The number of aromatic amines is 1. The number of amides is 2. The highest BCUT2D eigenvalue weighted by Crippen LogP contribution is 2.21. The van der Waals surface area contributed by atoms with Crippen molar-refractivity contribution in [1.29, 1.82) is 0 Å². The van der Waals surface area contributed by atoms with Crippen LogP contribution in [0, 0.1) is 6.92 Å². The van der Waals surface area contributed by atoms with Crippen LogP contribution in [0.5, 0.6) is 0 Å². The van der Waals surface area contributed by atoms with E-state index in [1.807, 2.05) is 17.9 Å². The fourth-order valence-electron chi connectivity index (χ4n) is 3.78. The zero-order valence-corrected chi connectivity index (χ0v) is 17.5. The van der Waals surface area contributed by atoms with Crippen LogP contribution in [0.3, 0.4) is 0 Å². The number of aromatic nitrogens is 2. The number of nitrogens with two attached hydrogens (primary N) is 1. The molecular formula is C22H24ClN5O2. The van der Waals surface area contributed by atoms with Crippen LogP contribution in [0.15, 0.2) is 36.4 Å². The van der Waals surface area contributed by atoms with Gasteiger partial charge in [0.05, 0.1) is 17.1 Å². The number of fused-ring (bicyclic) bond motifs is 1. The monoisotopic (exact) mass is 425 g/mol. The zero-order valence-electron chi connectivity index (χ0n) is 16.7. The Kier molecular flexibility index (Phi) is 5.74. The second kappa shape index (κ2) is 8.45. The van der Waals surface area contributed by atoms with Crippen molar-refractivity contribution in [2.45, 2.75) is 25.8 Å². The van der Waals surface area contributed by atoms with E-state index in [0.717, 1.165) is 37.0 Å². The number of nitrogens with zero attached hydrogens (tertiary/aromatic N) is 2. The van der Waals surface area contributed by atoms with Gasteiger partial charge in [0, 0.05) is 35.8 Å². The molecule has 2 amide bonds. The molecule has 30 heavy (non-hydrogen) atoms. The van der Waals surface area contributed by atoms with Crippen molar-refractivity contribution in [3.63, 3.8) is 0 Å². The molecule has 1 aliphatic rings. The molecule has 2 aromatic carbocycles. The van der Waals surface area contributed by atoms with E-state index < -0.39 is 6.04 Å². The molecular weight excluding hydrogens is 402 g/mol. The number of carbonyl (C=O) groups is 2. The van der Waals surface area contributed by atoms with Crippen LogP contribution in [0.25, 0.3) is 11.0 Å². The fraction of sp³-hybridized carbons (Fsp3) is 0.318. The summed E-state index contributed by atoms with van der Waals surface area (Å²) in [5.74, 6) is 0.325. The first-order chi connectivity index (χ1) is 14.5. The Hall–Kier alpha value is -2.90. The quantitative estimate of drug-likeness (QED) is 0.583. The summed E-state index contributed by atoms with van der Waals surface area (Å²) in [6.45, 7) is 3.62. The van der Waals surface area contributed by atoms with Gasteiger partial charge in [-0.05, 0) is 61.7 Å². The van der Waals surface area contributed by atoms with E-state index >= 15 is 0 Å². The van der Waals surface area contributed by atoms with E-state index in [2.05, 4.69) is 15.3 Å². The molecule has 156 valence electrons. The number of rotatable bonds is 5. The van der Waals surface area contributed by atoms with Crippen LogP contribution >= 0.6 is 11.6 Å². The lowest BCUT2D eigenvalue weighted by atomic mass is 10.0. The van der Waals surface area contributed by atoms with Crippen molar-refractivity contribution in [2.24, 2.45) is 5.73 Å². The van der Waals surface area contributed by atoms with Crippen LogP contribution in [0.4, 0.5) is 0 Å². The van der Waals surface area contributed by atoms with Crippen LogP contribution in [-0.2, 0) is 0 Å². The second-order valence-electron chi connectivity index (χ2n) is 7.57. The molecule has 0 saturated carbocycles. The van der Waals surface area contributed by atoms with E-state index in [-0.39, 0.29) is 18.4 Å². The first-order valence-corrected chi connectivity index (χ1v) is 10.4. The number of hydrogen-bond donors (Lipinski definition) is 3. The number of carbonyl (C=O) groups excluding carboxylic acids is 2. The maximum Gasteiger partial charge on any atom is 0.254 e. The fourth-order valence-corrected chi connectivity index (χ4v) is 3.95. The topological polar surface area (TPSA) is 104 Å². The van der Waals surface area contributed by atoms with Crippen molar-refractivity contribution in [3.05, 3.63) is 63.9 Å². The average molecular weight is 426 g/mol. The Morgan fingerprint density at radius 3 is 2.70 bits per heavy atom. The maximum absolute atomic E-state index is 12.8. The molecule has 4 rings (SSSR count). The first-order valence-electron chi connectivity index (χ1n) is 10.0. The van der Waals surface area contributed by atoms with Crippen LogP contribution in [0.1, 0.15) is 51.0 Å². The largest absolute Gasteiger partial charge is 0.341 e. The van der Waals surface area contributed by atoms with Gasteiger partial charge in [0.2, 0.25) is 0 Å². The average Bonchev–Trinajstić information content (AvgIpc) is 3.40. The third-order valence-corrected chi connectivity index (χ3v) is 5.68. The molecule has 0 unspecified atom stereocenters. The number of H-pyrrole nitrogens is 1. The van der Waals surface area contributed by atoms with Crippen molar-refractivity contribution >= 4 is 34.4 Å². The van der Waals surface area contributed by atoms with Gasteiger partial charge in [0.25, 0.3) is 11.8 Å². The van der Waals surface area contributed by atoms with Gasteiger partial charge in [-0.3, -0.25) is 9.59 Å². The number of benzene rings is 2. The van der Waals surface area contributed by atoms with Gasteiger partial charge in [0.1, 0.15) is 5.82 Å². The molecule has 3 aromatic rings. The highest BCUT2D eigenvalue weighted by atomic mass is 35.5. The molecule has 0 aliphatic carbocycles. The number of aryl methyl sites for hydroxylation is 1. The van der Waals surface area contributed by atoms with Gasteiger partial charge in [-0.2, -0.15) is 0 Å². The lowest BCUT2D eigenvalue weighted by Crippen LogP contribution is -2.34. The standard InChI is InChI=1S/C22H24ClN5O2/c1-13-10-14(4-6-16(13)22(30)28-8-2-3-9-28)21(29)27-19(12-24)20-25-17-7-5-15(23)11-18(17)26-20/h4-7,10-11,19H,2-3,8-9,12,24H2,1H3,(H,25,26)(H,27,29)/t19-/m0/s1. The lowest BCUT2D eigenvalue weighted by Gasteiger charge is -2.18. The number of nitrogens with one attached hydrogen (secondary N) is 2. The highest BCUT2D eigenvalue weighted by Gasteiger charge is 2.22. The van der Waals surface area contributed by atoms with E-state index in [1.165, 1.54) is 0 Å². The molecule has 1 saturated heterocycles. The smallest absolute Gasteiger partial charge is 0.254 e. The van der Waals surface area contributed by atoms with E-state index in [1.54, 1.807) is 30.3 Å². The summed E-state index contributed by atoms with van der Waals surface area (Å²) < 4.78 is 0. The van der Waals surface area contributed by atoms with Gasteiger partial charge >= 0.3 is 0 Å². The summed E-state index contributed by atoms with van der Waals surface area (Å²) in [5, 5.41) is 3.51. The lowest BCUT2D eigenvalue weighted by molar-refractivity contribution is 0.0791. The molecule has 1 fully saturated rings. The molecule has 0 radical (unpaired) electrons. The Morgan fingerprint density at radius 1 is 1.23 bits per heavy atom. The van der Waals surface area contributed by atoms with Gasteiger partial charge in [0.15, 0.2) is 0 Å². The van der Waals surface area contributed by atoms with Crippen molar-refractivity contribution in [3.8, 4) is 0 Å². The molecule has 8 heteroatoms. The zero-order chi connectivity index (χ0) is 21.3. The Morgan fingerprint density at radius 2 is 2.00 bits per heavy atom. The van der Waals surface area contributed by atoms with E-state index in [0.29, 0.717) is 27.5 Å². The Balaban J connectivity index is 1.51. The summed E-state index contributed by atoms with van der Waals surface area (Å²) in [4.78, 5) is 35.0. The number of halogens is 1. The molecule has 1 atom stereocenters. The second-order valence-corrected chi connectivity index (χ2v) is 8.01. The van der Waals surface area contributed by atoms with Gasteiger partial charge in [-0.15, -0.1) is 0 Å². The summed E-state index contributed by atoms with van der Waals surface area (Å²) in [6.07, 6.45) is 2.08.